The molecular weight excluding hydrogens is 528 g/mol. The molecule has 3 aliphatic rings. The number of benzene rings is 1. The number of carbonyl (C=O) groups is 3. The summed E-state index contributed by atoms with van der Waals surface area (Å²) in [5, 5.41) is 13.4. The van der Waals surface area contributed by atoms with Gasteiger partial charge < -0.3 is 34.9 Å². The van der Waals surface area contributed by atoms with Crippen molar-refractivity contribution in [2.24, 2.45) is 10.7 Å². The zero-order chi connectivity index (χ0) is 28.4. The van der Waals surface area contributed by atoms with Gasteiger partial charge in [-0.05, 0) is 24.6 Å². The van der Waals surface area contributed by atoms with Crippen LogP contribution in [0.2, 0.25) is 0 Å². The van der Waals surface area contributed by atoms with Gasteiger partial charge in [-0.3, -0.25) is 9.69 Å². The fraction of sp³-hybridized carbons (Fsp3) is 0.400. The number of amidine groups is 1. The molecule has 0 saturated carbocycles. The number of nitrogens with two attached hydrogens (primary N) is 1. The quantitative estimate of drug-likeness (QED) is 0.463. The van der Waals surface area contributed by atoms with E-state index in [1.807, 2.05) is 0 Å². The number of carbonyl (C=O) groups excluding carboxylic acids is 3. The Hall–Kier alpha value is -4.38. The summed E-state index contributed by atoms with van der Waals surface area (Å²) in [6.07, 6.45) is -0.704. The van der Waals surface area contributed by atoms with Crippen molar-refractivity contribution in [1.82, 2.24) is 15.1 Å². The maximum atomic E-state index is 13.3. The van der Waals surface area contributed by atoms with Gasteiger partial charge >= 0.3 is 12.0 Å². The number of rotatable bonds is 7. The lowest BCUT2D eigenvalue weighted by molar-refractivity contribution is -0.139. The number of amides is 3. The van der Waals surface area contributed by atoms with E-state index in [1.165, 1.54) is 26.2 Å². The van der Waals surface area contributed by atoms with Gasteiger partial charge in [-0.15, -0.1) is 0 Å². The van der Waals surface area contributed by atoms with E-state index in [1.54, 1.807) is 32.2 Å². The molecular formula is C25H28N6O7S. The van der Waals surface area contributed by atoms with Crippen molar-refractivity contribution in [1.29, 1.82) is 5.26 Å². The minimum absolute atomic E-state index is 0.0372. The molecule has 0 bridgehead atoms. The van der Waals surface area contributed by atoms with Gasteiger partial charge in [0.15, 0.2) is 22.8 Å². The molecule has 0 aliphatic carbocycles. The summed E-state index contributed by atoms with van der Waals surface area (Å²) in [5.41, 5.74) is 6.83. The molecule has 0 unspecified atom stereocenters. The maximum Gasteiger partial charge on any atom is 0.338 e. The van der Waals surface area contributed by atoms with E-state index in [-0.39, 0.29) is 35.1 Å². The van der Waals surface area contributed by atoms with Crippen LogP contribution in [0.15, 0.2) is 46.0 Å². The second kappa shape index (κ2) is 11.2. The predicted molar refractivity (Wildman–Crippen MR) is 140 cm³/mol. The highest BCUT2D eigenvalue weighted by Crippen LogP contribution is 2.43. The molecule has 4 rings (SSSR count). The summed E-state index contributed by atoms with van der Waals surface area (Å²) in [5.74, 6) is -1.04. The standard InChI is InChI=1S/C25H28N6O7S/c1-6-37-23(33)18-16(11-39-24-28-19-21(29-24)30(2)25(34)31(3)22(19)32)38-20(27)13(10-26)17(18)12-7-8-14(35-4)15(9-12)36-5/h7-9,17,19,21H,6,11,27H2,1-5H3,(H,28,29)/t17-,19+,21-/m0/s1. The first-order valence-electron chi connectivity index (χ1n) is 11.9. The number of fused-ring (bicyclic) bond motifs is 1. The largest absolute Gasteiger partial charge is 0.493 e. The molecule has 1 fully saturated rings. The number of nitrogens with zero attached hydrogens (tertiary/aromatic N) is 4. The highest BCUT2D eigenvalue weighted by atomic mass is 32.2. The lowest BCUT2D eigenvalue weighted by atomic mass is 9.83. The Morgan fingerprint density at radius 1 is 1.26 bits per heavy atom. The van der Waals surface area contributed by atoms with Crippen LogP contribution in [-0.2, 0) is 19.1 Å². The first-order chi connectivity index (χ1) is 18.7. The molecule has 3 aliphatic heterocycles. The number of urea groups is 1. The Kier molecular flexibility index (Phi) is 7.91. The summed E-state index contributed by atoms with van der Waals surface area (Å²) < 4.78 is 21.9. The van der Waals surface area contributed by atoms with E-state index in [9.17, 15) is 19.6 Å². The van der Waals surface area contributed by atoms with Gasteiger partial charge in [0.05, 0.1) is 38.1 Å². The average molecular weight is 557 g/mol. The Labute approximate surface area is 229 Å². The minimum Gasteiger partial charge on any atom is -0.493 e. The number of methoxy groups -OCH3 is 2. The number of hydrogen-bond donors (Lipinski definition) is 2. The summed E-state index contributed by atoms with van der Waals surface area (Å²) in [4.78, 5) is 45.1. The number of likely N-dealkylation sites (N-methyl/N-ethyl adjacent to an activating group) is 2. The van der Waals surface area contributed by atoms with Crippen LogP contribution in [-0.4, -0.2) is 85.8 Å². The second-order valence-corrected chi connectivity index (χ2v) is 9.61. The van der Waals surface area contributed by atoms with Gasteiger partial charge in [-0.25, -0.2) is 14.6 Å². The van der Waals surface area contributed by atoms with E-state index in [2.05, 4.69) is 16.4 Å². The third-order valence-corrected chi connectivity index (χ3v) is 7.39. The van der Waals surface area contributed by atoms with Crippen LogP contribution in [0.3, 0.4) is 0 Å². The number of esters is 1. The van der Waals surface area contributed by atoms with Crippen LogP contribution in [0, 0.1) is 11.3 Å². The van der Waals surface area contributed by atoms with Crippen LogP contribution in [0.4, 0.5) is 4.79 Å². The lowest BCUT2D eigenvalue weighted by Crippen LogP contribution is -2.63. The van der Waals surface area contributed by atoms with Crippen LogP contribution in [0.1, 0.15) is 18.4 Å². The smallest absolute Gasteiger partial charge is 0.338 e. The molecule has 3 atom stereocenters. The van der Waals surface area contributed by atoms with Crippen molar-refractivity contribution in [3.8, 4) is 17.6 Å². The first-order valence-corrected chi connectivity index (χ1v) is 12.9. The molecule has 206 valence electrons. The number of imide groups is 1. The van der Waals surface area contributed by atoms with Gasteiger partial charge in [-0.2, -0.15) is 5.26 Å². The normalized spacial score (nSPS) is 22.6. The molecule has 3 N–H and O–H groups in total. The van der Waals surface area contributed by atoms with Crippen molar-refractivity contribution >= 4 is 34.8 Å². The van der Waals surface area contributed by atoms with Crippen molar-refractivity contribution < 1.29 is 33.3 Å². The monoisotopic (exact) mass is 556 g/mol. The number of aliphatic imine (C=N–C) groups is 1. The van der Waals surface area contributed by atoms with Crippen LogP contribution in [0.25, 0.3) is 0 Å². The SMILES string of the molecule is CCOC(=O)C1=C(CSC2=N[C@@H]3[C@@H](N2)C(=O)N(C)C(=O)N3C)OC(N)=C(C#N)[C@@H]1c1ccc(OC)c(OC)c1. The van der Waals surface area contributed by atoms with Crippen molar-refractivity contribution in [3.05, 3.63) is 46.6 Å². The third kappa shape index (κ3) is 4.92. The number of nitriles is 1. The Morgan fingerprint density at radius 3 is 2.62 bits per heavy atom. The zero-order valence-electron chi connectivity index (χ0n) is 22.0. The average Bonchev–Trinajstić information content (AvgIpc) is 3.37. The van der Waals surface area contributed by atoms with Crippen LogP contribution >= 0.6 is 11.8 Å². The molecule has 3 heterocycles. The van der Waals surface area contributed by atoms with Crippen molar-refractivity contribution in [2.45, 2.75) is 25.0 Å². The zero-order valence-corrected chi connectivity index (χ0v) is 22.8. The number of thioether (sulfide) groups is 1. The molecule has 3 amide bonds. The molecule has 0 radical (unpaired) electrons. The van der Waals surface area contributed by atoms with E-state index in [0.717, 1.165) is 16.7 Å². The third-order valence-electron chi connectivity index (χ3n) is 6.48. The minimum atomic E-state index is -0.904. The summed E-state index contributed by atoms with van der Waals surface area (Å²) in [6.45, 7) is 1.76. The molecule has 1 aromatic carbocycles. The number of hydrogen-bond acceptors (Lipinski definition) is 12. The molecule has 1 saturated heterocycles. The summed E-state index contributed by atoms with van der Waals surface area (Å²) in [7, 11) is 5.95. The first kappa shape index (κ1) is 27.6. The Morgan fingerprint density at radius 2 is 1.97 bits per heavy atom. The number of ether oxygens (including phenoxy) is 4. The highest BCUT2D eigenvalue weighted by Gasteiger charge is 2.47. The molecule has 13 nitrogen and oxygen atoms in total. The maximum absolute atomic E-state index is 13.3. The van der Waals surface area contributed by atoms with Crippen molar-refractivity contribution in [2.75, 3.05) is 40.7 Å². The van der Waals surface area contributed by atoms with E-state index < -0.39 is 36.0 Å². The molecule has 14 heteroatoms. The van der Waals surface area contributed by atoms with Crippen LogP contribution < -0.4 is 20.5 Å². The molecule has 0 spiro atoms. The van der Waals surface area contributed by atoms with Gasteiger partial charge in [0.25, 0.3) is 5.91 Å². The van der Waals surface area contributed by atoms with Gasteiger partial charge in [0.1, 0.15) is 23.4 Å². The van der Waals surface area contributed by atoms with Gasteiger partial charge in [0, 0.05) is 14.1 Å². The van der Waals surface area contributed by atoms with E-state index in [0.29, 0.717) is 22.2 Å². The van der Waals surface area contributed by atoms with Crippen molar-refractivity contribution in [3.63, 3.8) is 0 Å². The molecule has 1 aromatic rings. The fourth-order valence-electron chi connectivity index (χ4n) is 4.53. The Bertz CT molecular complexity index is 1350. The lowest BCUT2D eigenvalue weighted by Gasteiger charge is -2.36. The van der Waals surface area contributed by atoms with E-state index in [4.69, 9.17) is 24.7 Å². The van der Waals surface area contributed by atoms with Gasteiger partial charge in [-0.1, -0.05) is 17.8 Å². The van der Waals surface area contributed by atoms with Crippen LogP contribution in [0.5, 0.6) is 11.5 Å². The number of nitrogens with one attached hydrogen (secondary N) is 1. The second-order valence-electron chi connectivity index (χ2n) is 8.65. The molecule has 39 heavy (non-hydrogen) atoms. The van der Waals surface area contributed by atoms with Gasteiger partial charge in [0.2, 0.25) is 5.88 Å². The Balaban J connectivity index is 1.71. The highest BCUT2D eigenvalue weighted by molar-refractivity contribution is 8.14. The fourth-order valence-corrected chi connectivity index (χ4v) is 5.40. The number of allylic oxidation sites excluding steroid dienone is 1. The summed E-state index contributed by atoms with van der Waals surface area (Å²) >= 11 is 1.16. The van der Waals surface area contributed by atoms with E-state index >= 15 is 0 Å². The predicted octanol–water partition coefficient (Wildman–Crippen LogP) is 1.24. The summed E-state index contributed by atoms with van der Waals surface area (Å²) in [6, 6.07) is 5.89. The topological polar surface area (TPSA) is 169 Å². The molecule has 0 aromatic heterocycles.